The summed E-state index contributed by atoms with van der Waals surface area (Å²) in [5.41, 5.74) is 1.95. The minimum atomic E-state index is -3.83. The van der Waals surface area contributed by atoms with E-state index in [-0.39, 0.29) is 28.4 Å². The van der Waals surface area contributed by atoms with Gasteiger partial charge in [-0.1, -0.05) is 24.3 Å². The fraction of sp³-hybridized carbons (Fsp3) is 0.217. The maximum atomic E-state index is 13.2. The standard InChI is InChI=1S/C23H21NO7S/c1-15-20(23(26)29-2)13-18(31-15)14-30-22(25)17-7-5-8-19(12-17)32(27,28)24-11-10-16-6-3-4-9-21(16)24/h3-9,12-13H,10-11,14H2,1-2H3. The van der Waals surface area contributed by atoms with E-state index in [1.165, 1.54) is 41.7 Å². The Morgan fingerprint density at radius 2 is 1.84 bits per heavy atom. The number of rotatable bonds is 6. The van der Waals surface area contributed by atoms with Crippen molar-refractivity contribution in [1.29, 1.82) is 0 Å². The van der Waals surface area contributed by atoms with Crippen molar-refractivity contribution in [3.8, 4) is 0 Å². The van der Waals surface area contributed by atoms with Gasteiger partial charge in [-0.25, -0.2) is 18.0 Å². The van der Waals surface area contributed by atoms with E-state index in [1.54, 1.807) is 19.1 Å². The van der Waals surface area contributed by atoms with Gasteiger partial charge in [-0.2, -0.15) is 0 Å². The summed E-state index contributed by atoms with van der Waals surface area (Å²) in [6, 6.07) is 14.5. The highest BCUT2D eigenvalue weighted by molar-refractivity contribution is 7.92. The van der Waals surface area contributed by atoms with E-state index in [2.05, 4.69) is 4.74 Å². The summed E-state index contributed by atoms with van der Waals surface area (Å²) in [7, 11) is -2.57. The molecule has 0 N–H and O–H groups in total. The molecule has 3 aromatic rings. The molecule has 0 unspecified atom stereocenters. The van der Waals surface area contributed by atoms with Gasteiger partial charge in [-0.05, 0) is 49.2 Å². The van der Waals surface area contributed by atoms with Crippen LogP contribution in [0, 0.1) is 6.92 Å². The van der Waals surface area contributed by atoms with Crippen LogP contribution < -0.4 is 4.31 Å². The zero-order valence-corrected chi connectivity index (χ0v) is 18.3. The number of benzene rings is 2. The first-order valence-electron chi connectivity index (χ1n) is 9.86. The SMILES string of the molecule is COC(=O)c1cc(COC(=O)c2cccc(S(=O)(=O)N3CCc4ccccc43)c2)oc1C. The molecule has 2 heterocycles. The van der Waals surface area contributed by atoms with E-state index in [0.717, 1.165) is 5.56 Å². The van der Waals surface area contributed by atoms with E-state index in [9.17, 15) is 18.0 Å². The van der Waals surface area contributed by atoms with Crippen LogP contribution >= 0.6 is 0 Å². The van der Waals surface area contributed by atoms with Gasteiger partial charge in [0, 0.05) is 6.54 Å². The van der Waals surface area contributed by atoms with Crippen molar-refractivity contribution in [3.05, 3.63) is 82.8 Å². The third kappa shape index (κ3) is 3.99. The van der Waals surface area contributed by atoms with Gasteiger partial charge >= 0.3 is 11.9 Å². The Hall–Kier alpha value is -3.59. The maximum Gasteiger partial charge on any atom is 0.341 e. The van der Waals surface area contributed by atoms with Crippen LogP contribution in [-0.4, -0.2) is 34.0 Å². The maximum absolute atomic E-state index is 13.2. The number of nitrogens with zero attached hydrogens (tertiary/aromatic N) is 1. The Morgan fingerprint density at radius 3 is 2.62 bits per heavy atom. The molecule has 32 heavy (non-hydrogen) atoms. The smallest absolute Gasteiger partial charge is 0.341 e. The number of fused-ring (bicyclic) bond motifs is 1. The first-order chi connectivity index (χ1) is 15.3. The van der Waals surface area contributed by atoms with Crippen molar-refractivity contribution in [2.75, 3.05) is 18.0 Å². The lowest BCUT2D eigenvalue weighted by Crippen LogP contribution is -2.29. The minimum Gasteiger partial charge on any atom is -0.465 e. The Balaban J connectivity index is 1.51. The predicted octanol–water partition coefficient (Wildman–Crippen LogP) is 3.48. The monoisotopic (exact) mass is 455 g/mol. The molecule has 0 radical (unpaired) electrons. The molecular formula is C23H21NO7S. The number of hydrogen-bond donors (Lipinski definition) is 0. The van der Waals surface area contributed by atoms with Crippen LogP contribution in [-0.2, 0) is 32.5 Å². The average Bonchev–Trinajstić information content (AvgIpc) is 3.41. The number of sulfonamides is 1. The van der Waals surface area contributed by atoms with Gasteiger partial charge < -0.3 is 13.9 Å². The van der Waals surface area contributed by atoms with Crippen LogP contribution in [0.2, 0.25) is 0 Å². The molecule has 1 aromatic heterocycles. The number of furan rings is 1. The fourth-order valence-corrected chi connectivity index (χ4v) is 5.17. The van der Waals surface area contributed by atoms with E-state index in [1.807, 2.05) is 12.1 Å². The second-order valence-corrected chi connectivity index (χ2v) is 9.10. The second kappa shape index (κ2) is 8.51. The van der Waals surface area contributed by atoms with Crippen molar-refractivity contribution in [1.82, 2.24) is 0 Å². The summed E-state index contributed by atoms with van der Waals surface area (Å²) in [5.74, 6) is -0.640. The molecule has 4 rings (SSSR count). The highest BCUT2D eigenvalue weighted by Crippen LogP contribution is 2.32. The number of anilines is 1. The van der Waals surface area contributed by atoms with Crippen molar-refractivity contribution >= 4 is 27.6 Å². The summed E-state index contributed by atoms with van der Waals surface area (Å²) >= 11 is 0. The quantitative estimate of drug-likeness (QED) is 0.524. The molecule has 2 aromatic carbocycles. The lowest BCUT2D eigenvalue weighted by Gasteiger charge is -2.19. The first kappa shape index (κ1) is 21.6. The summed E-state index contributed by atoms with van der Waals surface area (Å²) in [6.07, 6.45) is 0.632. The summed E-state index contributed by atoms with van der Waals surface area (Å²) in [4.78, 5) is 24.2. The third-order valence-corrected chi connectivity index (χ3v) is 7.03. The molecule has 1 aliphatic rings. The van der Waals surface area contributed by atoms with Gasteiger partial charge in [0.25, 0.3) is 10.0 Å². The van der Waals surface area contributed by atoms with Crippen LogP contribution in [0.1, 0.15) is 37.8 Å². The van der Waals surface area contributed by atoms with E-state index in [0.29, 0.717) is 24.4 Å². The zero-order chi connectivity index (χ0) is 22.9. The van der Waals surface area contributed by atoms with Crippen LogP contribution in [0.3, 0.4) is 0 Å². The highest BCUT2D eigenvalue weighted by atomic mass is 32.2. The summed E-state index contributed by atoms with van der Waals surface area (Å²) in [5, 5.41) is 0. The lowest BCUT2D eigenvalue weighted by atomic mass is 10.2. The minimum absolute atomic E-state index is 0.00507. The molecule has 8 nitrogen and oxygen atoms in total. The largest absolute Gasteiger partial charge is 0.465 e. The van der Waals surface area contributed by atoms with E-state index in [4.69, 9.17) is 9.15 Å². The molecule has 1 aliphatic heterocycles. The molecule has 166 valence electrons. The van der Waals surface area contributed by atoms with Gasteiger partial charge in [0.15, 0.2) is 0 Å². The van der Waals surface area contributed by atoms with Crippen molar-refractivity contribution in [3.63, 3.8) is 0 Å². The van der Waals surface area contributed by atoms with Crippen molar-refractivity contribution in [2.45, 2.75) is 24.8 Å². The summed E-state index contributed by atoms with van der Waals surface area (Å²) < 4.78 is 43.1. The number of aryl methyl sites for hydroxylation is 1. The molecule has 0 aliphatic carbocycles. The van der Waals surface area contributed by atoms with Gasteiger partial charge in [-0.15, -0.1) is 0 Å². The molecule has 0 saturated carbocycles. The molecule has 0 spiro atoms. The van der Waals surface area contributed by atoms with Gasteiger partial charge in [0.05, 0.1) is 23.3 Å². The van der Waals surface area contributed by atoms with E-state index >= 15 is 0 Å². The van der Waals surface area contributed by atoms with E-state index < -0.39 is 22.0 Å². The summed E-state index contributed by atoms with van der Waals surface area (Å²) in [6.45, 7) is 1.73. The van der Waals surface area contributed by atoms with Gasteiger partial charge in [0.2, 0.25) is 0 Å². The van der Waals surface area contributed by atoms with Crippen LogP contribution in [0.5, 0.6) is 0 Å². The number of carbonyl (C=O) groups excluding carboxylic acids is 2. The number of esters is 2. The molecule has 9 heteroatoms. The third-order valence-electron chi connectivity index (χ3n) is 5.22. The highest BCUT2D eigenvalue weighted by Gasteiger charge is 2.31. The molecule has 0 bridgehead atoms. The van der Waals surface area contributed by atoms with Crippen LogP contribution in [0.4, 0.5) is 5.69 Å². The normalized spacial score (nSPS) is 13.0. The Kier molecular flexibility index (Phi) is 5.75. The molecule has 0 amide bonds. The molecular weight excluding hydrogens is 434 g/mol. The fourth-order valence-electron chi connectivity index (χ4n) is 3.62. The Bertz CT molecular complexity index is 1290. The van der Waals surface area contributed by atoms with Gasteiger partial charge in [0.1, 0.15) is 23.7 Å². The lowest BCUT2D eigenvalue weighted by molar-refractivity contribution is 0.0443. The Labute approximate surface area is 185 Å². The van der Waals surface area contributed by atoms with Crippen LogP contribution in [0.25, 0.3) is 0 Å². The van der Waals surface area contributed by atoms with Gasteiger partial charge in [-0.3, -0.25) is 4.31 Å². The van der Waals surface area contributed by atoms with Crippen molar-refractivity contribution < 1.29 is 31.9 Å². The second-order valence-electron chi connectivity index (χ2n) is 7.23. The van der Waals surface area contributed by atoms with Crippen LogP contribution in [0.15, 0.2) is 63.9 Å². The number of ether oxygens (including phenoxy) is 2. The predicted molar refractivity (Wildman–Crippen MR) is 115 cm³/mol. The number of methoxy groups -OCH3 is 1. The number of para-hydroxylation sites is 1. The molecule has 0 saturated heterocycles. The average molecular weight is 455 g/mol. The zero-order valence-electron chi connectivity index (χ0n) is 17.5. The number of carbonyl (C=O) groups is 2. The molecule has 0 atom stereocenters. The number of hydrogen-bond acceptors (Lipinski definition) is 7. The Morgan fingerprint density at radius 1 is 1.06 bits per heavy atom. The molecule has 0 fully saturated rings. The first-order valence-corrected chi connectivity index (χ1v) is 11.3. The van der Waals surface area contributed by atoms with Crippen molar-refractivity contribution in [2.24, 2.45) is 0 Å². The topological polar surface area (TPSA) is 103 Å².